The molecule has 0 radical (unpaired) electrons. The monoisotopic (exact) mass is 435 g/mol. The van der Waals surface area contributed by atoms with Crippen molar-refractivity contribution in [1.82, 2.24) is 25.1 Å². The molecule has 0 saturated carbocycles. The normalized spacial score (nSPS) is 11.1. The number of amides is 1. The summed E-state index contributed by atoms with van der Waals surface area (Å²) in [5.41, 5.74) is 4.97. The van der Waals surface area contributed by atoms with Crippen molar-refractivity contribution in [1.29, 1.82) is 0 Å². The van der Waals surface area contributed by atoms with Gasteiger partial charge in [0.1, 0.15) is 10.7 Å². The minimum atomic E-state index is -0.169. The third kappa shape index (κ3) is 4.59. The Morgan fingerprint density at radius 3 is 2.74 bits per heavy atom. The number of benzene rings is 1. The molecule has 4 aromatic rings. The maximum atomic E-state index is 12.2. The van der Waals surface area contributed by atoms with Gasteiger partial charge in [-0.3, -0.25) is 4.79 Å². The maximum Gasteiger partial charge on any atom is 0.258 e. The van der Waals surface area contributed by atoms with Crippen LogP contribution in [0, 0.1) is 20.8 Å². The molecule has 3 aromatic heterocycles. The number of fused-ring (bicyclic) bond motifs is 1. The van der Waals surface area contributed by atoms with Crippen LogP contribution in [0.3, 0.4) is 0 Å². The molecular weight excluding hydrogens is 410 g/mol. The van der Waals surface area contributed by atoms with Gasteiger partial charge in [0.05, 0.1) is 5.39 Å². The van der Waals surface area contributed by atoms with Gasteiger partial charge in [-0.1, -0.05) is 24.3 Å². The fourth-order valence-electron chi connectivity index (χ4n) is 3.51. The lowest BCUT2D eigenvalue weighted by Crippen LogP contribution is -2.30. The number of pyridine rings is 1. The second-order valence-electron chi connectivity index (χ2n) is 7.54. The molecule has 0 atom stereocenters. The third-order valence-corrected chi connectivity index (χ3v) is 6.04. The fourth-order valence-corrected chi connectivity index (χ4v) is 4.26. The SMILES string of the molecule is Cc1cnc(-c2nn(C)c3nc(OCC(=O)NCCc4ccccc4C)cc(C)c23)s1. The predicted molar refractivity (Wildman–Crippen MR) is 122 cm³/mol. The smallest absolute Gasteiger partial charge is 0.258 e. The van der Waals surface area contributed by atoms with E-state index < -0.39 is 0 Å². The number of carbonyl (C=O) groups excluding carboxylic acids is 1. The summed E-state index contributed by atoms with van der Waals surface area (Å²) >= 11 is 1.60. The topological polar surface area (TPSA) is 81.9 Å². The van der Waals surface area contributed by atoms with Crippen LogP contribution in [0.2, 0.25) is 0 Å². The first-order valence-electron chi connectivity index (χ1n) is 10.1. The summed E-state index contributed by atoms with van der Waals surface area (Å²) in [6, 6.07) is 10.0. The number of rotatable bonds is 7. The van der Waals surface area contributed by atoms with E-state index in [4.69, 9.17) is 4.74 Å². The first-order valence-corrected chi connectivity index (χ1v) is 10.9. The first-order chi connectivity index (χ1) is 14.9. The second-order valence-corrected chi connectivity index (χ2v) is 8.77. The quantitative estimate of drug-likeness (QED) is 0.478. The van der Waals surface area contributed by atoms with Crippen molar-refractivity contribution in [2.24, 2.45) is 7.05 Å². The highest BCUT2D eigenvalue weighted by atomic mass is 32.1. The van der Waals surface area contributed by atoms with Gasteiger partial charge in [-0.25, -0.2) is 9.67 Å². The number of nitrogens with one attached hydrogen (secondary N) is 1. The summed E-state index contributed by atoms with van der Waals surface area (Å²) in [5, 5.41) is 9.34. The molecule has 160 valence electrons. The molecule has 8 heteroatoms. The number of aryl methyl sites for hydroxylation is 4. The van der Waals surface area contributed by atoms with E-state index in [-0.39, 0.29) is 12.5 Å². The number of nitrogens with zero attached hydrogens (tertiary/aromatic N) is 4. The van der Waals surface area contributed by atoms with Crippen molar-refractivity contribution in [2.75, 3.05) is 13.2 Å². The molecule has 1 aromatic carbocycles. The van der Waals surface area contributed by atoms with Gasteiger partial charge in [0, 0.05) is 30.7 Å². The molecule has 31 heavy (non-hydrogen) atoms. The molecule has 0 aliphatic rings. The molecule has 1 N–H and O–H groups in total. The summed E-state index contributed by atoms with van der Waals surface area (Å²) in [7, 11) is 1.85. The summed E-state index contributed by atoms with van der Waals surface area (Å²) in [4.78, 5) is 22.4. The summed E-state index contributed by atoms with van der Waals surface area (Å²) in [5.74, 6) is 0.237. The van der Waals surface area contributed by atoms with Crippen molar-refractivity contribution in [3.8, 4) is 16.6 Å². The molecule has 0 bridgehead atoms. The van der Waals surface area contributed by atoms with E-state index in [1.165, 1.54) is 11.1 Å². The van der Waals surface area contributed by atoms with Crippen LogP contribution in [0.4, 0.5) is 0 Å². The average molecular weight is 436 g/mol. The Morgan fingerprint density at radius 2 is 2.00 bits per heavy atom. The number of aromatic nitrogens is 4. The van der Waals surface area contributed by atoms with Crippen LogP contribution in [-0.2, 0) is 18.3 Å². The van der Waals surface area contributed by atoms with E-state index >= 15 is 0 Å². The van der Waals surface area contributed by atoms with Crippen molar-refractivity contribution in [3.05, 3.63) is 58.1 Å². The predicted octanol–water partition coefficient (Wildman–Crippen LogP) is 3.75. The number of hydrogen-bond acceptors (Lipinski definition) is 6. The van der Waals surface area contributed by atoms with Gasteiger partial charge >= 0.3 is 0 Å². The summed E-state index contributed by atoms with van der Waals surface area (Å²) in [6.07, 6.45) is 2.63. The van der Waals surface area contributed by atoms with Crippen LogP contribution in [0.25, 0.3) is 21.7 Å². The Labute approximate surface area is 185 Å². The molecule has 0 spiro atoms. The highest BCUT2D eigenvalue weighted by Crippen LogP contribution is 2.33. The van der Waals surface area contributed by atoms with E-state index in [0.29, 0.717) is 18.1 Å². The Hall–Kier alpha value is -3.26. The molecule has 4 rings (SSSR count). The number of hydrogen-bond donors (Lipinski definition) is 1. The summed E-state index contributed by atoms with van der Waals surface area (Å²) in [6.45, 7) is 6.57. The van der Waals surface area contributed by atoms with Crippen molar-refractivity contribution >= 4 is 28.3 Å². The van der Waals surface area contributed by atoms with E-state index in [1.807, 2.05) is 45.3 Å². The van der Waals surface area contributed by atoms with Gasteiger partial charge in [-0.2, -0.15) is 10.1 Å². The van der Waals surface area contributed by atoms with Crippen LogP contribution in [0.5, 0.6) is 5.88 Å². The summed E-state index contributed by atoms with van der Waals surface area (Å²) < 4.78 is 7.41. The molecule has 0 fully saturated rings. The van der Waals surface area contributed by atoms with Gasteiger partial charge in [0.2, 0.25) is 5.88 Å². The van der Waals surface area contributed by atoms with Gasteiger partial charge in [0.25, 0.3) is 5.91 Å². The van der Waals surface area contributed by atoms with Crippen LogP contribution >= 0.6 is 11.3 Å². The van der Waals surface area contributed by atoms with Crippen LogP contribution in [-0.4, -0.2) is 38.8 Å². The Balaban J connectivity index is 1.41. The van der Waals surface area contributed by atoms with E-state index in [2.05, 4.69) is 39.4 Å². The zero-order chi connectivity index (χ0) is 22.0. The molecule has 1 amide bonds. The second kappa shape index (κ2) is 8.85. The molecule has 0 aliphatic heterocycles. The number of thiazole rings is 1. The van der Waals surface area contributed by atoms with Crippen LogP contribution < -0.4 is 10.1 Å². The van der Waals surface area contributed by atoms with Crippen LogP contribution in [0.1, 0.15) is 21.6 Å². The maximum absolute atomic E-state index is 12.2. The molecule has 0 aliphatic carbocycles. The van der Waals surface area contributed by atoms with Crippen molar-refractivity contribution in [2.45, 2.75) is 27.2 Å². The van der Waals surface area contributed by atoms with E-state index in [1.54, 1.807) is 16.0 Å². The largest absolute Gasteiger partial charge is 0.468 e. The molecule has 3 heterocycles. The van der Waals surface area contributed by atoms with Gasteiger partial charge in [-0.05, 0) is 43.9 Å². The third-order valence-electron chi connectivity index (χ3n) is 5.12. The molecule has 0 saturated heterocycles. The van der Waals surface area contributed by atoms with Crippen molar-refractivity contribution < 1.29 is 9.53 Å². The Morgan fingerprint density at radius 1 is 1.19 bits per heavy atom. The standard InChI is InChI=1S/C23H25N5O2S/c1-14-7-5-6-8-17(14)9-10-24-18(29)13-30-19-11-15(2)20-21(23-25-12-16(3)31-23)27-28(4)22(20)26-19/h5-8,11-12H,9-10,13H2,1-4H3,(H,24,29). The number of carbonyl (C=O) groups is 1. The van der Waals surface area contributed by atoms with Gasteiger partial charge in [-0.15, -0.1) is 11.3 Å². The lowest BCUT2D eigenvalue weighted by molar-refractivity contribution is -0.123. The molecular formula is C23H25N5O2S. The Kier molecular flexibility index (Phi) is 5.99. The molecule has 7 nitrogen and oxygen atoms in total. The minimum absolute atomic E-state index is 0.0812. The average Bonchev–Trinajstić information content (AvgIpc) is 3.31. The van der Waals surface area contributed by atoms with Crippen molar-refractivity contribution in [3.63, 3.8) is 0 Å². The minimum Gasteiger partial charge on any atom is -0.468 e. The fraction of sp³-hybridized carbons (Fsp3) is 0.304. The zero-order valence-corrected chi connectivity index (χ0v) is 18.9. The first kappa shape index (κ1) is 21.0. The van der Waals surface area contributed by atoms with E-state index in [0.717, 1.165) is 32.9 Å². The Bertz CT molecular complexity index is 1240. The zero-order valence-electron chi connectivity index (χ0n) is 18.1. The highest BCUT2D eigenvalue weighted by molar-refractivity contribution is 7.15. The lowest BCUT2D eigenvalue weighted by Gasteiger charge is -2.09. The van der Waals surface area contributed by atoms with E-state index in [9.17, 15) is 4.79 Å². The lowest BCUT2D eigenvalue weighted by atomic mass is 10.1. The highest BCUT2D eigenvalue weighted by Gasteiger charge is 2.18. The number of ether oxygens (including phenoxy) is 1. The van der Waals surface area contributed by atoms with Crippen LogP contribution in [0.15, 0.2) is 36.5 Å². The van der Waals surface area contributed by atoms with Gasteiger partial charge in [0.15, 0.2) is 12.3 Å². The molecule has 0 unspecified atom stereocenters. The van der Waals surface area contributed by atoms with Gasteiger partial charge < -0.3 is 10.1 Å².